The van der Waals surface area contributed by atoms with Gasteiger partial charge in [0.05, 0.1) is 29.4 Å². The van der Waals surface area contributed by atoms with Gasteiger partial charge in [-0.1, -0.05) is 35.5 Å². The lowest BCUT2D eigenvalue weighted by Crippen LogP contribution is -2.45. The number of fused-ring (bicyclic) bond motifs is 1. The molecular weight excluding hydrogens is 474 g/mol. The number of nitrogens with one attached hydrogen (secondary N) is 1. The van der Waals surface area contributed by atoms with Gasteiger partial charge < -0.3 is 9.73 Å². The number of amides is 2. The van der Waals surface area contributed by atoms with Crippen molar-refractivity contribution in [1.82, 2.24) is 14.8 Å². The smallest absolute Gasteiger partial charge is 0.244 e. The molecule has 4 aromatic rings. The van der Waals surface area contributed by atoms with Crippen LogP contribution < -0.4 is 10.2 Å². The van der Waals surface area contributed by atoms with E-state index in [0.717, 1.165) is 11.3 Å². The summed E-state index contributed by atoms with van der Waals surface area (Å²) in [5.41, 5.74) is 2.14. The lowest BCUT2D eigenvalue weighted by atomic mass is 10.2. The molecule has 3 heterocycles. The third-order valence-electron chi connectivity index (χ3n) is 5.38. The van der Waals surface area contributed by atoms with Crippen molar-refractivity contribution in [3.63, 3.8) is 0 Å². The Morgan fingerprint density at radius 1 is 1.15 bits per heavy atom. The molecule has 34 heavy (non-hydrogen) atoms. The van der Waals surface area contributed by atoms with Gasteiger partial charge in [-0.3, -0.25) is 19.1 Å². The number of hydrogen-bond acceptors (Lipinski definition) is 6. The molecule has 2 aromatic carbocycles. The normalized spacial score (nSPS) is 13.9. The summed E-state index contributed by atoms with van der Waals surface area (Å²) in [6.45, 7) is 2.17. The fraction of sp³-hybridized carbons (Fsp3) is 0.167. The number of furan rings is 1. The van der Waals surface area contributed by atoms with Gasteiger partial charge in [0.1, 0.15) is 12.3 Å². The SMILES string of the molecule is C[C@H](Sc1nnc(-c2ccc(Cl)cc2)n1Cc1ccco1)C(=O)N1CC(=O)Nc2ccccc21. The van der Waals surface area contributed by atoms with Crippen LogP contribution >= 0.6 is 23.4 Å². The fourth-order valence-electron chi connectivity index (χ4n) is 3.75. The van der Waals surface area contributed by atoms with Gasteiger partial charge in [-0.05, 0) is 55.5 Å². The predicted molar refractivity (Wildman–Crippen MR) is 131 cm³/mol. The molecule has 0 aliphatic carbocycles. The molecule has 1 aliphatic heterocycles. The van der Waals surface area contributed by atoms with Gasteiger partial charge in [0.25, 0.3) is 0 Å². The number of benzene rings is 2. The average molecular weight is 494 g/mol. The summed E-state index contributed by atoms with van der Waals surface area (Å²) in [5.74, 6) is 0.957. The molecule has 1 aliphatic rings. The molecular formula is C24H20ClN5O3S. The first kappa shape index (κ1) is 22.2. The van der Waals surface area contributed by atoms with Crippen molar-refractivity contribution in [2.45, 2.75) is 23.9 Å². The van der Waals surface area contributed by atoms with E-state index < -0.39 is 5.25 Å². The van der Waals surface area contributed by atoms with Crippen molar-refractivity contribution in [2.24, 2.45) is 0 Å². The number of carbonyl (C=O) groups excluding carboxylic acids is 2. The number of halogens is 1. The van der Waals surface area contributed by atoms with Crippen LogP contribution in [0.15, 0.2) is 76.5 Å². The van der Waals surface area contributed by atoms with Gasteiger partial charge >= 0.3 is 0 Å². The molecule has 0 radical (unpaired) electrons. The maximum absolute atomic E-state index is 13.4. The van der Waals surface area contributed by atoms with E-state index in [4.69, 9.17) is 16.0 Å². The van der Waals surface area contributed by atoms with Crippen LogP contribution in [0.4, 0.5) is 11.4 Å². The van der Waals surface area contributed by atoms with E-state index in [-0.39, 0.29) is 18.4 Å². The number of thioether (sulfide) groups is 1. The zero-order chi connectivity index (χ0) is 23.7. The highest BCUT2D eigenvalue weighted by atomic mass is 35.5. The number of hydrogen-bond donors (Lipinski definition) is 1. The maximum Gasteiger partial charge on any atom is 0.244 e. The van der Waals surface area contributed by atoms with E-state index in [1.165, 1.54) is 16.7 Å². The van der Waals surface area contributed by atoms with E-state index in [1.807, 2.05) is 47.0 Å². The van der Waals surface area contributed by atoms with E-state index in [9.17, 15) is 9.59 Å². The topological polar surface area (TPSA) is 93.3 Å². The molecule has 2 aromatic heterocycles. The van der Waals surface area contributed by atoms with Crippen molar-refractivity contribution in [2.75, 3.05) is 16.8 Å². The summed E-state index contributed by atoms with van der Waals surface area (Å²) >= 11 is 7.34. The van der Waals surface area contributed by atoms with Crippen LogP contribution in [0, 0.1) is 0 Å². The molecule has 5 rings (SSSR count). The van der Waals surface area contributed by atoms with E-state index in [2.05, 4.69) is 15.5 Å². The van der Waals surface area contributed by atoms with Gasteiger partial charge in [0.2, 0.25) is 11.8 Å². The van der Waals surface area contributed by atoms with Gasteiger partial charge in [-0.2, -0.15) is 0 Å². The second kappa shape index (κ2) is 9.36. The van der Waals surface area contributed by atoms with Crippen LogP contribution in [0.3, 0.4) is 0 Å². The fourth-order valence-corrected chi connectivity index (χ4v) is 4.78. The molecule has 0 saturated heterocycles. The number of nitrogens with zero attached hydrogens (tertiary/aromatic N) is 4. The van der Waals surface area contributed by atoms with Crippen LogP contribution in [0.5, 0.6) is 0 Å². The zero-order valence-electron chi connectivity index (χ0n) is 18.1. The number of aromatic nitrogens is 3. The number of anilines is 2. The van der Waals surface area contributed by atoms with E-state index >= 15 is 0 Å². The zero-order valence-corrected chi connectivity index (χ0v) is 19.7. The van der Waals surface area contributed by atoms with Crippen molar-refractivity contribution in [3.8, 4) is 11.4 Å². The van der Waals surface area contributed by atoms with Crippen molar-refractivity contribution >= 4 is 46.6 Å². The van der Waals surface area contributed by atoms with Gasteiger partial charge in [0.15, 0.2) is 11.0 Å². The standard InChI is InChI=1S/C24H20ClN5O3S/c1-15(23(32)29-14-21(31)26-19-6-2-3-7-20(19)29)34-24-28-27-22(16-8-10-17(25)11-9-16)30(24)13-18-5-4-12-33-18/h2-12,15H,13-14H2,1H3,(H,26,31)/t15-/m0/s1. The second-order valence-electron chi connectivity index (χ2n) is 7.73. The van der Waals surface area contributed by atoms with Gasteiger partial charge in [0, 0.05) is 10.6 Å². The first-order valence-electron chi connectivity index (χ1n) is 10.6. The van der Waals surface area contributed by atoms with Crippen LogP contribution in [0.25, 0.3) is 11.4 Å². The molecule has 10 heteroatoms. The monoisotopic (exact) mass is 493 g/mol. The lowest BCUT2D eigenvalue weighted by molar-refractivity contribution is -0.121. The number of carbonyl (C=O) groups is 2. The van der Waals surface area contributed by atoms with Crippen LogP contribution in [-0.4, -0.2) is 38.4 Å². The summed E-state index contributed by atoms with van der Waals surface area (Å²) < 4.78 is 7.45. The minimum Gasteiger partial charge on any atom is -0.467 e. The first-order valence-corrected chi connectivity index (χ1v) is 11.8. The largest absolute Gasteiger partial charge is 0.467 e. The second-order valence-corrected chi connectivity index (χ2v) is 9.47. The van der Waals surface area contributed by atoms with Crippen molar-refractivity contribution in [1.29, 1.82) is 0 Å². The summed E-state index contributed by atoms with van der Waals surface area (Å²) in [7, 11) is 0. The molecule has 1 N–H and O–H groups in total. The van der Waals surface area contributed by atoms with Gasteiger partial charge in [-0.15, -0.1) is 10.2 Å². The summed E-state index contributed by atoms with van der Waals surface area (Å²) in [5, 5.41) is 12.2. The van der Waals surface area contributed by atoms with Crippen molar-refractivity contribution in [3.05, 3.63) is 77.7 Å². The average Bonchev–Trinajstić information content (AvgIpc) is 3.49. The van der Waals surface area contributed by atoms with Gasteiger partial charge in [-0.25, -0.2) is 0 Å². The minimum absolute atomic E-state index is 0.0319. The van der Waals surface area contributed by atoms with Crippen LogP contribution in [0.2, 0.25) is 5.02 Å². The maximum atomic E-state index is 13.4. The number of para-hydroxylation sites is 2. The highest BCUT2D eigenvalue weighted by Crippen LogP contribution is 2.33. The molecule has 8 nitrogen and oxygen atoms in total. The Labute approximate surface area is 204 Å². The molecule has 172 valence electrons. The minimum atomic E-state index is -0.517. The molecule has 0 fully saturated rings. The Kier molecular flexibility index (Phi) is 6.12. The Morgan fingerprint density at radius 3 is 2.71 bits per heavy atom. The summed E-state index contributed by atoms with van der Waals surface area (Å²) in [4.78, 5) is 27.1. The molecule has 1 atom stereocenters. The highest BCUT2D eigenvalue weighted by molar-refractivity contribution is 8.00. The molecule has 0 saturated carbocycles. The molecule has 0 unspecified atom stereocenters. The number of rotatable bonds is 6. The third-order valence-corrected chi connectivity index (χ3v) is 6.70. The van der Waals surface area contributed by atoms with Crippen molar-refractivity contribution < 1.29 is 14.0 Å². The Hall–Kier alpha value is -3.56. The highest BCUT2D eigenvalue weighted by Gasteiger charge is 2.31. The quantitative estimate of drug-likeness (QED) is 0.391. The van der Waals surface area contributed by atoms with E-state index in [0.29, 0.717) is 33.9 Å². The Bertz CT molecular complexity index is 1340. The van der Waals surface area contributed by atoms with Crippen LogP contribution in [0.1, 0.15) is 12.7 Å². The molecule has 0 spiro atoms. The molecule has 0 bridgehead atoms. The summed E-state index contributed by atoms with van der Waals surface area (Å²) in [6, 6.07) is 18.3. The van der Waals surface area contributed by atoms with Crippen LogP contribution in [-0.2, 0) is 16.1 Å². The predicted octanol–water partition coefficient (Wildman–Crippen LogP) is 4.71. The Morgan fingerprint density at radius 2 is 1.94 bits per heavy atom. The lowest BCUT2D eigenvalue weighted by Gasteiger charge is -2.30. The molecule has 2 amide bonds. The Balaban J connectivity index is 1.44. The summed E-state index contributed by atoms with van der Waals surface area (Å²) in [6.07, 6.45) is 1.61. The van der Waals surface area contributed by atoms with E-state index in [1.54, 1.807) is 31.4 Å². The third kappa shape index (κ3) is 4.44. The first-order chi connectivity index (χ1) is 16.5.